The van der Waals surface area contributed by atoms with Crippen LogP contribution in [0.25, 0.3) is 0 Å². The minimum absolute atomic E-state index is 0. The van der Waals surface area contributed by atoms with Gasteiger partial charge in [0.15, 0.2) is 5.96 Å². The number of carbonyl (C=O) groups is 1. The molecule has 2 fully saturated rings. The summed E-state index contributed by atoms with van der Waals surface area (Å²) in [4.78, 5) is 20.9. The first-order chi connectivity index (χ1) is 13.5. The Morgan fingerprint density at radius 1 is 1.28 bits per heavy atom. The zero-order valence-corrected chi connectivity index (χ0v) is 20.1. The minimum Gasteiger partial charge on any atom is -0.497 e. The van der Waals surface area contributed by atoms with Crippen LogP contribution >= 0.6 is 24.0 Å². The summed E-state index contributed by atoms with van der Waals surface area (Å²) in [7, 11) is 4.96. The van der Waals surface area contributed by atoms with Crippen LogP contribution in [-0.2, 0) is 9.53 Å². The lowest BCUT2D eigenvalue weighted by Crippen LogP contribution is -2.42. The van der Waals surface area contributed by atoms with Crippen LogP contribution in [0.4, 0.5) is 5.69 Å². The molecule has 162 valence electrons. The molecule has 0 amide bonds. The second kappa shape index (κ2) is 10.9. The predicted molar refractivity (Wildman–Crippen MR) is 126 cm³/mol. The van der Waals surface area contributed by atoms with Gasteiger partial charge < -0.3 is 24.6 Å². The fourth-order valence-electron chi connectivity index (χ4n) is 4.21. The standard InChI is InChI=1S/C21H32N4O3.HI/c1-15-12-25(14-19(15)20(26)28-4)21(22-2)23-11-16-8-9-24(13-16)17-6-5-7-18(10-17)27-3;/h5-7,10,15-16,19H,8-9,11-14H2,1-4H3,(H,22,23);1H. The van der Waals surface area contributed by atoms with Crippen molar-refractivity contribution in [3.8, 4) is 5.75 Å². The molecule has 8 heteroatoms. The first-order valence-corrected chi connectivity index (χ1v) is 9.98. The predicted octanol–water partition coefficient (Wildman–Crippen LogP) is 2.46. The summed E-state index contributed by atoms with van der Waals surface area (Å²) in [6.45, 7) is 6.51. The Labute approximate surface area is 190 Å². The normalized spacial score (nSPS) is 24.3. The topological polar surface area (TPSA) is 66.4 Å². The number of rotatable bonds is 5. The maximum Gasteiger partial charge on any atom is 0.310 e. The molecular formula is C21H33IN4O3. The van der Waals surface area contributed by atoms with E-state index in [0.717, 1.165) is 44.3 Å². The van der Waals surface area contributed by atoms with Crippen molar-refractivity contribution in [1.82, 2.24) is 10.2 Å². The molecule has 1 aromatic rings. The summed E-state index contributed by atoms with van der Waals surface area (Å²) in [6.07, 6.45) is 1.14. The van der Waals surface area contributed by atoms with Crippen LogP contribution < -0.4 is 15.0 Å². The van der Waals surface area contributed by atoms with Crippen LogP contribution in [0.1, 0.15) is 13.3 Å². The van der Waals surface area contributed by atoms with E-state index in [9.17, 15) is 4.79 Å². The van der Waals surface area contributed by atoms with Crippen molar-refractivity contribution in [3.05, 3.63) is 24.3 Å². The second-order valence-electron chi connectivity index (χ2n) is 7.74. The molecule has 0 aliphatic carbocycles. The molecule has 0 bridgehead atoms. The molecule has 0 saturated carbocycles. The molecule has 0 radical (unpaired) electrons. The Kier molecular flexibility index (Phi) is 8.85. The van der Waals surface area contributed by atoms with E-state index in [0.29, 0.717) is 12.5 Å². The van der Waals surface area contributed by atoms with Crippen LogP contribution in [0.3, 0.4) is 0 Å². The van der Waals surface area contributed by atoms with Gasteiger partial charge in [-0.3, -0.25) is 9.79 Å². The highest BCUT2D eigenvalue weighted by atomic mass is 127. The minimum atomic E-state index is -0.129. The quantitative estimate of drug-likeness (QED) is 0.281. The van der Waals surface area contributed by atoms with Crippen LogP contribution in [0.15, 0.2) is 29.3 Å². The van der Waals surface area contributed by atoms with Crippen molar-refractivity contribution < 1.29 is 14.3 Å². The number of aliphatic imine (C=N–C) groups is 1. The van der Waals surface area contributed by atoms with Gasteiger partial charge in [-0.25, -0.2) is 0 Å². The zero-order chi connectivity index (χ0) is 20.1. The van der Waals surface area contributed by atoms with Crippen LogP contribution in [0.5, 0.6) is 5.75 Å². The third-order valence-electron chi connectivity index (χ3n) is 5.88. The summed E-state index contributed by atoms with van der Waals surface area (Å²) in [5.74, 6) is 2.37. The van der Waals surface area contributed by atoms with E-state index in [2.05, 4.69) is 39.2 Å². The van der Waals surface area contributed by atoms with Gasteiger partial charge in [0.1, 0.15) is 5.75 Å². The lowest BCUT2D eigenvalue weighted by Gasteiger charge is -2.23. The van der Waals surface area contributed by atoms with E-state index in [1.54, 1.807) is 14.2 Å². The van der Waals surface area contributed by atoms with Gasteiger partial charge in [0.2, 0.25) is 0 Å². The molecule has 2 saturated heterocycles. The lowest BCUT2D eigenvalue weighted by atomic mass is 9.99. The number of anilines is 1. The first-order valence-electron chi connectivity index (χ1n) is 9.98. The van der Waals surface area contributed by atoms with E-state index in [1.807, 2.05) is 12.1 Å². The molecule has 2 heterocycles. The van der Waals surface area contributed by atoms with Gasteiger partial charge in [0.05, 0.1) is 20.1 Å². The maximum absolute atomic E-state index is 11.9. The Morgan fingerprint density at radius 3 is 2.76 bits per heavy atom. The Morgan fingerprint density at radius 2 is 2.07 bits per heavy atom. The molecular weight excluding hydrogens is 483 g/mol. The van der Waals surface area contributed by atoms with Crippen molar-refractivity contribution in [2.75, 3.05) is 58.9 Å². The summed E-state index contributed by atoms with van der Waals surface area (Å²) >= 11 is 0. The van der Waals surface area contributed by atoms with E-state index < -0.39 is 0 Å². The molecule has 3 unspecified atom stereocenters. The van der Waals surface area contributed by atoms with Crippen LogP contribution in [0.2, 0.25) is 0 Å². The first kappa shape index (κ1) is 23.6. The fraction of sp³-hybridized carbons (Fsp3) is 0.619. The van der Waals surface area contributed by atoms with Gasteiger partial charge in [-0.2, -0.15) is 0 Å². The average molecular weight is 516 g/mol. The number of ether oxygens (including phenoxy) is 2. The Hall–Kier alpha value is -1.71. The highest BCUT2D eigenvalue weighted by molar-refractivity contribution is 14.0. The number of nitrogens with zero attached hydrogens (tertiary/aromatic N) is 3. The number of esters is 1. The molecule has 29 heavy (non-hydrogen) atoms. The number of hydrogen-bond acceptors (Lipinski definition) is 5. The molecule has 3 atom stereocenters. The van der Waals surface area contributed by atoms with E-state index in [1.165, 1.54) is 12.8 Å². The third-order valence-corrected chi connectivity index (χ3v) is 5.88. The Balaban J connectivity index is 0.00000300. The van der Waals surface area contributed by atoms with E-state index in [-0.39, 0.29) is 41.8 Å². The molecule has 7 nitrogen and oxygen atoms in total. The Bertz CT molecular complexity index is 715. The monoisotopic (exact) mass is 516 g/mol. The van der Waals surface area contributed by atoms with Crippen molar-refractivity contribution in [1.29, 1.82) is 0 Å². The number of benzene rings is 1. The number of carbonyl (C=O) groups excluding carboxylic acids is 1. The van der Waals surface area contributed by atoms with Crippen molar-refractivity contribution >= 4 is 41.6 Å². The van der Waals surface area contributed by atoms with Gasteiger partial charge >= 0.3 is 5.97 Å². The van der Waals surface area contributed by atoms with Gasteiger partial charge in [0.25, 0.3) is 0 Å². The van der Waals surface area contributed by atoms with E-state index >= 15 is 0 Å². The number of likely N-dealkylation sites (tertiary alicyclic amines) is 1. The van der Waals surface area contributed by atoms with Gasteiger partial charge in [-0.1, -0.05) is 13.0 Å². The zero-order valence-electron chi connectivity index (χ0n) is 17.8. The highest BCUT2D eigenvalue weighted by Crippen LogP contribution is 2.27. The summed E-state index contributed by atoms with van der Waals surface area (Å²) in [5, 5.41) is 3.52. The van der Waals surface area contributed by atoms with Crippen molar-refractivity contribution in [3.63, 3.8) is 0 Å². The third kappa shape index (κ3) is 5.67. The van der Waals surface area contributed by atoms with Gasteiger partial charge in [0, 0.05) is 51.5 Å². The summed E-state index contributed by atoms with van der Waals surface area (Å²) < 4.78 is 10.3. The molecule has 0 spiro atoms. The summed E-state index contributed by atoms with van der Waals surface area (Å²) in [5.41, 5.74) is 1.21. The summed E-state index contributed by atoms with van der Waals surface area (Å²) in [6, 6.07) is 8.23. The highest BCUT2D eigenvalue weighted by Gasteiger charge is 2.37. The number of nitrogens with one attached hydrogen (secondary N) is 1. The SMILES string of the molecule is CN=C(NCC1CCN(c2cccc(OC)c2)C1)N1CC(C)C(C(=O)OC)C1.I. The number of hydrogen-bond donors (Lipinski definition) is 1. The van der Waals surface area contributed by atoms with Crippen molar-refractivity contribution in [2.45, 2.75) is 13.3 Å². The number of halogens is 1. The van der Waals surface area contributed by atoms with E-state index in [4.69, 9.17) is 9.47 Å². The molecule has 1 N–H and O–H groups in total. The number of methoxy groups -OCH3 is 2. The maximum atomic E-state index is 11.9. The fourth-order valence-corrected chi connectivity index (χ4v) is 4.21. The largest absolute Gasteiger partial charge is 0.497 e. The van der Waals surface area contributed by atoms with Crippen molar-refractivity contribution in [2.24, 2.45) is 22.7 Å². The lowest BCUT2D eigenvalue weighted by molar-refractivity contribution is -0.145. The second-order valence-corrected chi connectivity index (χ2v) is 7.74. The molecule has 3 rings (SSSR count). The van der Waals surface area contributed by atoms with Gasteiger partial charge in [-0.15, -0.1) is 24.0 Å². The van der Waals surface area contributed by atoms with Crippen LogP contribution in [0, 0.1) is 17.8 Å². The molecule has 2 aliphatic rings. The molecule has 2 aliphatic heterocycles. The molecule has 0 aromatic heterocycles. The molecule has 1 aromatic carbocycles. The number of guanidine groups is 1. The van der Waals surface area contributed by atoms with Gasteiger partial charge in [-0.05, 0) is 30.4 Å². The average Bonchev–Trinajstić information content (AvgIpc) is 3.35. The van der Waals surface area contributed by atoms with Crippen LogP contribution in [-0.4, -0.2) is 70.8 Å². The smallest absolute Gasteiger partial charge is 0.310 e.